The third-order valence-corrected chi connectivity index (χ3v) is 5.00. The summed E-state index contributed by atoms with van der Waals surface area (Å²) in [5, 5.41) is 21.2. The van der Waals surface area contributed by atoms with E-state index in [1.165, 1.54) is 11.1 Å². The smallest absolute Gasteiger partial charge is 0.122 e. The van der Waals surface area contributed by atoms with Gasteiger partial charge in [-0.1, -0.05) is 71.9 Å². The Morgan fingerprint density at radius 1 is 0.815 bits per heavy atom. The molecule has 0 aliphatic rings. The summed E-state index contributed by atoms with van der Waals surface area (Å²) >= 11 is 0. The van der Waals surface area contributed by atoms with Crippen molar-refractivity contribution in [3.8, 4) is 11.5 Å². The molecule has 0 unspecified atom stereocenters. The van der Waals surface area contributed by atoms with E-state index >= 15 is 0 Å². The number of hydrogen-bond donors (Lipinski definition) is 2. The lowest BCUT2D eigenvalue weighted by Crippen LogP contribution is -2.14. The molecule has 0 aromatic heterocycles. The van der Waals surface area contributed by atoms with Crippen molar-refractivity contribution in [2.24, 2.45) is 0 Å². The van der Waals surface area contributed by atoms with Gasteiger partial charge < -0.3 is 10.2 Å². The van der Waals surface area contributed by atoms with Crippen LogP contribution in [0.4, 0.5) is 0 Å². The molecule has 0 atom stereocenters. The fourth-order valence-corrected chi connectivity index (χ4v) is 3.51. The molecular weight excluding hydrogens is 332 g/mol. The van der Waals surface area contributed by atoms with Gasteiger partial charge in [0, 0.05) is 0 Å². The zero-order chi connectivity index (χ0) is 20.6. The Morgan fingerprint density at radius 2 is 1.30 bits per heavy atom. The monoisotopic (exact) mass is 366 g/mol. The van der Waals surface area contributed by atoms with Crippen molar-refractivity contribution in [2.75, 3.05) is 0 Å². The van der Waals surface area contributed by atoms with Crippen LogP contribution < -0.4 is 0 Å². The molecule has 2 nitrogen and oxygen atoms in total. The van der Waals surface area contributed by atoms with Crippen molar-refractivity contribution < 1.29 is 10.2 Å². The average Bonchev–Trinajstić information content (AvgIpc) is 2.51. The molecular formula is C25H34O2. The van der Waals surface area contributed by atoms with Crippen LogP contribution in [-0.4, -0.2) is 10.2 Å². The van der Waals surface area contributed by atoms with E-state index < -0.39 is 0 Å². The number of allylic oxidation sites excluding steroid dienone is 1. The lowest BCUT2D eigenvalue weighted by atomic mass is 9.81. The van der Waals surface area contributed by atoms with Gasteiger partial charge in [0.25, 0.3) is 0 Å². The van der Waals surface area contributed by atoms with Crippen molar-refractivity contribution in [2.45, 2.75) is 72.1 Å². The number of hydrogen-bond acceptors (Lipinski definition) is 2. The predicted octanol–water partition coefficient (Wildman–Crippen LogP) is 6.32. The van der Waals surface area contributed by atoms with Crippen LogP contribution in [0.15, 0.2) is 36.9 Å². The highest BCUT2D eigenvalue weighted by Crippen LogP contribution is 2.37. The first kappa shape index (κ1) is 21.1. The molecule has 2 aromatic carbocycles. The van der Waals surface area contributed by atoms with Gasteiger partial charge in [-0.2, -0.15) is 0 Å². The first-order valence-corrected chi connectivity index (χ1v) is 9.63. The highest BCUT2D eigenvalue weighted by molar-refractivity contribution is 5.51. The molecule has 0 radical (unpaired) electrons. The summed E-state index contributed by atoms with van der Waals surface area (Å²) in [5.74, 6) is 0.767. The number of aromatic hydroxyl groups is 2. The van der Waals surface area contributed by atoms with Gasteiger partial charge in [-0.05, 0) is 64.0 Å². The van der Waals surface area contributed by atoms with Gasteiger partial charge in [0.05, 0.1) is 0 Å². The number of benzene rings is 2. The van der Waals surface area contributed by atoms with Gasteiger partial charge in [-0.3, -0.25) is 0 Å². The largest absolute Gasteiger partial charge is 0.507 e. The van der Waals surface area contributed by atoms with Crippen molar-refractivity contribution in [3.05, 3.63) is 70.3 Å². The topological polar surface area (TPSA) is 40.5 Å². The molecule has 0 aliphatic carbocycles. The fraction of sp³-hybridized carbons (Fsp3) is 0.440. The van der Waals surface area contributed by atoms with E-state index in [2.05, 4.69) is 72.4 Å². The molecule has 0 bridgehead atoms. The third kappa shape index (κ3) is 4.74. The summed E-state index contributed by atoms with van der Waals surface area (Å²) in [6.45, 7) is 18.5. The van der Waals surface area contributed by atoms with Gasteiger partial charge >= 0.3 is 0 Å². The molecule has 0 spiro atoms. The zero-order valence-electron chi connectivity index (χ0n) is 17.9. The molecule has 2 rings (SSSR count). The van der Waals surface area contributed by atoms with E-state index in [0.29, 0.717) is 17.9 Å². The second-order valence-electron chi connectivity index (χ2n) is 9.63. The SMILES string of the molecule is C=CCc1cc(Cc2cc(C)c(O)c(C(C)(C)C)c2)cc(C(C)(C)C)c1O. The third-order valence-electron chi connectivity index (χ3n) is 5.00. The van der Waals surface area contributed by atoms with E-state index in [4.69, 9.17) is 0 Å². The van der Waals surface area contributed by atoms with Gasteiger partial charge in [0.15, 0.2) is 0 Å². The van der Waals surface area contributed by atoms with Crippen LogP contribution in [0.2, 0.25) is 0 Å². The molecule has 146 valence electrons. The molecule has 0 fully saturated rings. The maximum absolute atomic E-state index is 10.7. The second-order valence-corrected chi connectivity index (χ2v) is 9.63. The molecule has 0 heterocycles. The number of aryl methyl sites for hydroxylation is 1. The van der Waals surface area contributed by atoms with E-state index in [-0.39, 0.29) is 10.8 Å². The highest BCUT2D eigenvalue weighted by Gasteiger charge is 2.23. The minimum Gasteiger partial charge on any atom is -0.507 e. The molecule has 0 saturated heterocycles. The normalized spacial score (nSPS) is 12.3. The number of phenolic OH excluding ortho intramolecular Hbond substituents is 2. The van der Waals surface area contributed by atoms with Crippen LogP contribution >= 0.6 is 0 Å². The van der Waals surface area contributed by atoms with Crippen LogP contribution in [0.25, 0.3) is 0 Å². The van der Waals surface area contributed by atoms with E-state index in [1.807, 2.05) is 13.0 Å². The van der Waals surface area contributed by atoms with Crippen LogP contribution in [0.3, 0.4) is 0 Å². The van der Waals surface area contributed by atoms with Crippen LogP contribution in [-0.2, 0) is 23.7 Å². The van der Waals surface area contributed by atoms with Crippen LogP contribution in [0, 0.1) is 6.92 Å². The van der Waals surface area contributed by atoms with E-state index in [0.717, 1.165) is 28.7 Å². The summed E-state index contributed by atoms with van der Waals surface area (Å²) < 4.78 is 0. The maximum atomic E-state index is 10.7. The molecule has 0 amide bonds. The summed E-state index contributed by atoms with van der Waals surface area (Å²) in [7, 11) is 0. The molecule has 2 aromatic rings. The van der Waals surface area contributed by atoms with E-state index in [9.17, 15) is 10.2 Å². The van der Waals surface area contributed by atoms with Crippen molar-refractivity contribution >= 4 is 0 Å². The Labute approximate surface area is 164 Å². The van der Waals surface area contributed by atoms with Gasteiger partial charge in [-0.15, -0.1) is 6.58 Å². The second kappa shape index (κ2) is 7.42. The molecule has 2 heteroatoms. The lowest BCUT2D eigenvalue weighted by Gasteiger charge is -2.24. The summed E-state index contributed by atoms with van der Waals surface area (Å²) in [6, 6.07) is 8.35. The first-order chi connectivity index (χ1) is 12.3. The zero-order valence-corrected chi connectivity index (χ0v) is 17.9. The van der Waals surface area contributed by atoms with Crippen molar-refractivity contribution in [1.82, 2.24) is 0 Å². The summed E-state index contributed by atoms with van der Waals surface area (Å²) in [4.78, 5) is 0. The highest BCUT2D eigenvalue weighted by atomic mass is 16.3. The Bertz CT molecular complexity index is 846. The minimum atomic E-state index is -0.141. The van der Waals surface area contributed by atoms with Gasteiger partial charge in [-0.25, -0.2) is 0 Å². The molecule has 27 heavy (non-hydrogen) atoms. The van der Waals surface area contributed by atoms with Gasteiger partial charge in [0.2, 0.25) is 0 Å². The van der Waals surface area contributed by atoms with E-state index in [1.54, 1.807) is 0 Å². The predicted molar refractivity (Wildman–Crippen MR) is 115 cm³/mol. The molecule has 0 saturated carbocycles. The van der Waals surface area contributed by atoms with Crippen LogP contribution in [0.5, 0.6) is 11.5 Å². The molecule has 0 aliphatic heterocycles. The standard InChI is InChI=1S/C25H34O2/c1-9-10-19-13-18(15-21(23(19)27)25(6,7)8)12-17-11-16(2)22(26)20(14-17)24(3,4)5/h9,11,13-15,26-27H,1,10,12H2,2-8H3. The quantitative estimate of drug-likeness (QED) is 0.622. The minimum absolute atomic E-state index is 0.121. The Morgan fingerprint density at radius 3 is 1.78 bits per heavy atom. The van der Waals surface area contributed by atoms with Crippen LogP contribution in [0.1, 0.15) is 74.9 Å². The lowest BCUT2D eigenvalue weighted by molar-refractivity contribution is 0.441. The van der Waals surface area contributed by atoms with Crippen molar-refractivity contribution in [3.63, 3.8) is 0 Å². The first-order valence-electron chi connectivity index (χ1n) is 9.63. The Hall–Kier alpha value is -2.22. The number of rotatable bonds is 4. The van der Waals surface area contributed by atoms with Gasteiger partial charge in [0.1, 0.15) is 11.5 Å². The average molecular weight is 367 g/mol. The molecule has 2 N–H and O–H groups in total. The Kier molecular flexibility index (Phi) is 5.79. The Balaban J connectivity index is 2.56. The fourth-order valence-electron chi connectivity index (χ4n) is 3.51. The van der Waals surface area contributed by atoms with Crippen molar-refractivity contribution in [1.29, 1.82) is 0 Å². The summed E-state index contributed by atoms with van der Waals surface area (Å²) in [5.41, 5.74) is 5.83. The maximum Gasteiger partial charge on any atom is 0.122 e. The summed E-state index contributed by atoms with van der Waals surface area (Å²) in [6.07, 6.45) is 3.23. The number of phenols is 2.